The van der Waals surface area contributed by atoms with Gasteiger partial charge in [-0.2, -0.15) is 18.3 Å². The second-order valence-corrected chi connectivity index (χ2v) is 7.10. The van der Waals surface area contributed by atoms with E-state index in [1.807, 2.05) is 6.07 Å². The van der Waals surface area contributed by atoms with Gasteiger partial charge in [0.15, 0.2) is 5.65 Å². The number of nitrogens with zero attached hydrogens (tertiary/aromatic N) is 4. The summed E-state index contributed by atoms with van der Waals surface area (Å²) in [5.41, 5.74) is 1.94. The number of rotatable bonds is 2. The summed E-state index contributed by atoms with van der Waals surface area (Å²) in [4.78, 5) is 8.47. The Bertz CT molecular complexity index is 1180. The molecular weight excluding hydrogens is 377 g/mol. The maximum absolute atomic E-state index is 13.2. The molecule has 1 aromatic carbocycles. The molecule has 0 bridgehead atoms. The number of benzene rings is 1. The van der Waals surface area contributed by atoms with Crippen LogP contribution < -0.4 is 0 Å². The number of imidazole rings is 1. The van der Waals surface area contributed by atoms with Crippen molar-refractivity contribution in [2.24, 2.45) is 0 Å². The lowest BCUT2D eigenvalue weighted by atomic mass is 10.0. The zero-order valence-corrected chi connectivity index (χ0v) is 14.5. The van der Waals surface area contributed by atoms with Crippen molar-refractivity contribution in [3.63, 3.8) is 0 Å². The van der Waals surface area contributed by atoms with Crippen molar-refractivity contribution in [2.75, 3.05) is 0 Å². The minimum Gasteiger partial charge on any atom is -0.255 e. The molecule has 2 unspecified atom stereocenters. The predicted molar refractivity (Wildman–Crippen MR) is 94.8 cm³/mol. The molecule has 3 heterocycles. The zero-order chi connectivity index (χ0) is 18.8. The summed E-state index contributed by atoms with van der Waals surface area (Å²) in [5.74, 6) is 0.371. The molecule has 0 saturated heterocycles. The zero-order valence-electron chi connectivity index (χ0n) is 13.8. The van der Waals surface area contributed by atoms with Crippen LogP contribution >= 0.6 is 11.6 Å². The van der Waals surface area contributed by atoms with Gasteiger partial charge >= 0.3 is 6.18 Å². The number of halogens is 4. The number of hydrogen-bond acceptors (Lipinski definition) is 3. The molecule has 2 atom stereocenters. The molecule has 0 spiro atoms. The molecule has 3 aromatic heterocycles. The summed E-state index contributed by atoms with van der Waals surface area (Å²) in [6.07, 6.45) is 1.40. The summed E-state index contributed by atoms with van der Waals surface area (Å²) in [6.45, 7) is 0. The highest BCUT2D eigenvalue weighted by molar-refractivity contribution is 6.29. The molecule has 0 radical (unpaired) electrons. The van der Waals surface area contributed by atoms with Crippen LogP contribution in [0.4, 0.5) is 13.2 Å². The first-order valence-corrected chi connectivity index (χ1v) is 8.75. The summed E-state index contributed by atoms with van der Waals surface area (Å²) in [6, 6.07) is 7.74. The molecule has 1 aliphatic carbocycles. The van der Waals surface area contributed by atoms with Crippen molar-refractivity contribution in [3.05, 3.63) is 70.8 Å². The molecule has 0 amide bonds. The van der Waals surface area contributed by atoms with Gasteiger partial charge in [0.05, 0.1) is 11.1 Å². The minimum atomic E-state index is -4.42. The van der Waals surface area contributed by atoms with Crippen LogP contribution in [-0.2, 0) is 6.18 Å². The number of pyridine rings is 1. The van der Waals surface area contributed by atoms with Crippen LogP contribution in [0.2, 0.25) is 5.15 Å². The lowest BCUT2D eigenvalue weighted by molar-refractivity contribution is -0.136. The molecule has 5 rings (SSSR count). The maximum atomic E-state index is 13.2. The van der Waals surface area contributed by atoms with Gasteiger partial charge in [0.1, 0.15) is 5.15 Å². The van der Waals surface area contributed by atoms with Crippen LogP contribution in [0.5, 0.6) is 0 Å². The maximum Gasteiger partial charge on any atom is 0.418 e. The lowest BCUT2D eigenvalue weighted by Gasteiger charge is -2.10. The van der Waals surface area contributed by atoms with E-state index in [9.17, 15) is 13.2 Å². The fourth-order valence-corrected chi connectivity index (χ4v) is 3.90. The second-order valence-electron chi connectivity index (χ2n) is 6.71. The van der Waals surface area contributed by atoms with E-state index >= 15 is 0 Å². The molecule has 1 saturated carbocycles. The van der Waals surface area contributed by atoms with Crippen LogP contribution in [0.15, 0.2) is 48.9 Å². The standard InChI is InChI=1S/C19H12ClF3N4/c20-16-8-14(18-24-4-5-27(18)26-16)13-7-12(13)11-6-10-2-1-3-15(19(21,22)23)17(10)25-9-11/h1-6,8-9,12-13H,7H2. The number of hydrogen-bond donors (Lipinski definition) is 0. The molecule has 8 heteroatoms. The molecule has 4 aromatic rings. The highest BCUT2D eigenvalue weighted by atomic mass is 35.5. The Labute approximate surface area is 156 Å². The normalized spacial score (nSPS) is 19.7. The Morgan fingerprint density at radius 1 is 1.11 bits per heavy atom. The third kappa shape index (κ3) is 2.73. The predicted octanol–water partition coefficient (Wildman–Crippen LogP) is 5.22. The Hall–Kier alpha value is -2.67. The van der Waals surface area contributed by atoms with Crippen LogP contribution in [0, 0.1) is 0 Å². The van der Waals surface area contributed by atoms with Crippen molar-refractivity contribution < 1.29 is 13.2 Å². The first kappa shape index (κ1) is 16.5. The fraction of sp³-hybridized carbons (Fsp3) is 0.211. The molecule has 1 fully saturated rings. The van der Waals surface area contributed by atoms with Gasteiger partial charge in [0.2, 0.25) is 0 Å². The van der Waals surface area contributed by atoms with Crippen molar-refractivity contribution in [1.82, 2.24) is 19.6 Å². The van der Waals surface area contributed by atoms with Gasteiger partial charge in [0.25, 0.3) is 0 Å². The highest BCUT2D eigenvalue weighted by Gasteiger charge is 2.42. The van der Waals surface area contributed by atoms with E-state index < -0.39 is 11.7 Å². The SMILES string of the molecule is FC(F)(F)c1cccc2cc(C3CC3c3cc(Cl)nn4ccnc34)cnc12. The highest BCUT2D eigenvalue weighted by Crippen LogP contribution is 2.55. The van der Waals surface area contributed by atoms with Gasteiger partial charge < -0.3 is 0 Å². The topological polar surface area (TPSA) is 43.1 Å². The van der Waals surface area contributed by atoms with Gasteiger partial charge in [0, 0.05) is 29.5 Å². The smallest absolute Gasteiger partial charge is 0.255 e. The largest absolute Gasteiger partial charge is 0.418 e. The third-order valence-corrected chi connectivity index (χ3v) is 5.20. The third-order valence-electron chi connectivity index (χ3n) is 5.01. The molecule has 4 nitrogen and oxygen atoms in total. The van der Waals surface area contributed by atoms with Gasteiger partial charge in [-0.15, -0.1) is 0 Å². The first-order valence-electron chi connectivity index (χ1n) is 8.37. The van der Waals surface area contributed by atoms with E-state index in [0.29, 0.717) is 10.5 Å². The van der Waals surface area contributed by atoms with E-state index in [4.69, 9.17) is 11.6 Å². The molecule has 0 aliphatic heterocycles. The average Bonchev–Trinajstić information content (AvgIpc) is 3.29. The van der Waals surface area contributed by atoms with Gasteiger partial charge in [-0.1, -0.05) is 23.7 Å². The minimum absolute atomic E-state index is 0.0199. The quantitative estimate of drug-likeness (QED) is 0.473. The summed E-state index contributed by atoms with van der Waals surface area (Å²) >= 11 is 6.11. The summed E-state index contributed by atoms with van der Waals surface area (Å²) in [7, 11) is 0. The van der Waals surface area contributed by atoms with Gasteiger partial charge in [-0.25, -0.2) is 9.50 Å². The van der Waals surface area contributed by atoms with E-state index in [1.165, 1.54) is 6.07 Å². The van der Waals surface area contributed by atoms with Crippen molar-refractivity contribution in [1.29, 1.82) is 0 Å². The van der Waals surface area contributed by atoms with E-state index in [2.05, 4.69) is 15.1 Å². The Morgan fingerprint density at radius 3 is 2.78 bits per heavy atom. The Kier molecular flexibility index (Phi) is 3.46. The van der Waals surface area contributed by atoms with Crippen molar-refractivity contribution >= 4 is 28.2 Å². The summed E-state index contributed by atoms with van der Waals surface area (Å²) < 4.78 is 41.1. The summed E-state index contributed by atoms with van der Waals surface area (Å²) in [5, 5.41) is 5.05. The molecule has 0 N–H and O–H groups in total. The molecular formula is C19H12ClF3N4. The Morgan fingerprint density at radius 2 is 1.96 bits per heavy atom. The molecule has 1 aliphatic rings. The van der Waals surface area contributed by atoms with Gasteiger partial charge in [-0.05, 0) is 42.0 Å². The van der Waals surface area contributed by atoms with E-state index in [-0.39, 0.29) is 17.4 Å². The van der Waals surface area contributed by atoms with Gasteiger partial charge in [-0.3, -0.25) is 4.98 Å². The monoisotopic (exact) mass is 388 g/mol. The molecule has 136 valence electrons. The number of fused-ring (bicyclic) bond motifs is 2. The fourth-order valence-electron chi connectivity index (χ4n) is 3.70. The second kappa shape index (κ2) is 5.66. The van der Waals surface area contributed by atoms with Crippen LogP contribution in [0.25, 0.3) is 16.6 Å². The van der Waals surface area contributed by atoms with E-state index in [1.54, 1.807) is 35.2 Å². The van der Waals surface area contributed by atoms with Crippen LogP contribution in [-0.4, -0.2) is 19.6 Å². The first-order chi connectivity index (χ1) is 12.9. The van der Waals surface area contributed by atoms with Crippen molar-refractivity contribution in [3.8, 4) is 0 Å². The number of alkyl halides is 3. The van der Waals surface area contributed by atoms with E-state index in [0.717, 1.165) is 29.3 Å². The number of aromatic nitrogens is 4. The van der Waals surface area contributed by atoms with Crippen LogP contribution in [0.1, 0.15) is 34.9 Å². The van der Waals surface area contributed by atoms with Crippen molar-refractivity contribution in [2.45, 2.75) is 24.4 Å². The lowest BCUT2D eigenvalue weighted by Crippen LogP contribution is -2.06. The molecule has 27 heavy (non-hydrogen) atoms. The Balaban J connectivity index is 1.53. The average molecular weight is 389 g/mol. The number of para-hydroxylation sites is 1. The van der Waals surface area contributed by atoms with Crippen LogP contribution in [0.3, 0.4) is 0 Å².